The van der Waals surface area contributed by atoms with E-state index in [-0.39, 0.29) is 18.4 Å². The smallest absolute Gasteiger partial charge is 0.239 e. The second-order valence-electron chi connectivity index (χ2n) is 6.76. The number of fused-ring (bicyclic) bond motifs is 1. The van der Waals surface area contributed by atoms with Crippen LogP contribution in [0, 0.1) is 0 Å². The lowest BCUT2D eigenvalue weighted by Gasteiger charge is -2.33. The highest BCUT2D eigenvalue weighted by Gasteiger charge is 2.45. The second kappa shape index (κ2) is 7.33. The number of rotatable bonds is 5. The van der Waals surface area contributed by atoms with E-state index in [0.717, 1.165) is 37.0 Å². The summed E-state index contributed by atoms with van der Waals surface area (Å²) in [6, 6.07) is 5.80. The summed E-state index contributed by atoms with van der Waals surface area (Å²) in [5.41, 5.74) is 0.388. The lowest BCUT2D eigenvalue weighted by atomic mass is 9.77. The van der Waals surface area contributed by atoms with Gasteiger partial charge in [0, 0.05) is 13.6 Å². The van der Waals surface area contributed by atoms with Gasteiger partial charge in [0.15, 0.2) is 11.5 Å². The molecule has 6 heteroatoms. The zero-order chi connectivity index (χ0) is 17.9. The fourth-order valence-electron chi connectivity index (χ4n) is 3.85. The van der Waals surface area contributed by atoms with Crippen LogP contribution in [0.2, 0.25) is 0 Å². The number of hydrogen-bond donors (Lipinski definition) is 1. The molecule has 0 spiro atoms. The van der Waals surface area contributed by atoms with Crippen molar-refractivity contribution in [2.45, 2.75) is 38.0 Å². The van der Waals surface area contributed by atoms with Crippen molar-refractivity contribution in [2.24, 2.45) is 0 Å². The van der Waals surface area contributed by atoms with Gasteiger partial charge in [0.1, 0.15) is 13.2 Å². The van der Waals surface area contributed by atoms with Crippen LogP contribution < -0.4 is 14.8 Å². The SMILES string of the molecule is CCNC(=O)CN(C)C(=O)C1(c2ccc3c(c2)OCCO3)CCCC1. The lowest BCUT2D eigenvalue weighted by Crippen LogP contribution is -2.47. The predicted molar refractivity (Wildman–Crippen MR) is 93.9 cm³/mol. The van der Waals surface area contributed by atoms with Crippen LogP contribution in [-0.4, -0.2) is 50.1 Å². The summed E-state index contributed by atoms with van der Waals surface area (Å²) in [6.07, 6.45) is 3.61. The molecule has 1 heterocycles. The molecule has 25 heavy (non-hydrogen) atoms. The number of ether oxygens (including phenoxy) is 2. The van der Waals surface area contributed by atoms with Crippen molar-refractivity contribution >= 4 is 11.8 Å². The van der Waals surface area contributed by atoms with Gasteiger partial charge in [0.05, 0.1) is 12.0 Å². The molecule has 1 aliphatic heterocycles. The molecule has 0 bridgehead atoms. The third kappa shape index (κ3) is 3.43. The second-order valence-corrected chi connectivity index (χ2v) is 6.76. The van der Waals surface area contributed by atoms with Crippen LogP contribution in [0.15, 0.2) is 18.2 Å². The van der Waals surface area contributed by atoms with Crippen LogP contribution in [0.25, 0.3) is 0 Å². The molecule has 0 aromatic heterocycles. The van der Waals surface area contributed by atoms with Gasteiger partial charge in [-0.3, -0.25) is 9.59 Å². The summed E-state index contributed by atoms with van der Waals surface area (Å²) in [7, 11) is 1.70. The van der Waals surface area contributed by atoms with Gasteiger partial charge < -0.3 is 19.7 Å². The van der Waals surface area contributed by atoms with E-state index >= 15 is 0 Å². The van der Waals surface area contributed by atoms with Crippen molar-refractivity contribution in [1.29, 1.82) is 0 Å². The molecule has 0 radical (unpaired) electrons. The van der Waals surface area contributed by atoms with Crippen molar-refractivity contribution in [1.82, 2.24) is 10.2 Å². The summed E-state index contributed by atoms with van der Waals surface area (Å²) >= 11 is 0. The Kier molecular flexibility index (Phi) is 5.16. The van der Waals surface area contributed by atoms with E-state index in [1.54, 1.807) is 11.9 Å². The molecule has 2 aliphatic rings. The van der Waals surface area contributed by atoms with Gasteiger partial charge in [-0.1, -0.05) is 18.9 Å². The Balaban J connectivity index is 1.86. The first kappa shape index (κ1) is 17.6. The van der Waals surface area contributed by atoms with Crippen LogP contribution >= 0.6 is 0 Å². The standard InChI is InChI=1S/C19H26N2O4/c1-3-20-17(22)13-21(2)18(23)19(8-4-5-9-19)14-6-7-15-16(12-14)25-11-10-24-15/h6-7,12H,3-5,8-11,13H2,1-2H3,(H,20,22). The topological polar surface area (TPSA) is 67.9 Å². The highest BCUT2D eigenvalue weighted by atomic mass is 16.6. The van der Waals surface area contributed by atoms with E-state index in [1.807, 2.05) is 25.1 Å². The maximum absolute atomic E-state index is 13.2. The number of amides is 2. The van der Waals surface area contributed by atoms with Gasteiger partial charge >= 0.3 is 0 Å². The van der Waals surface area contributed by atoms with E-state index in [4.69, 9.17) is 9.47 Å². The van der Waals surface area contributed by atoms with Crippen molar-refractivity contribution in [3.63, 3.8) is 0 Å². The fraction of sp³-hybridized carbons (Fsp3) is 0.579. The Morgan fingerprint density at radius 3 is 2.52 bits per heavy atom. The third-order valence-electron chi connectivity index (χ3n) is 5.06. The third-order valence-corrected chi connectivity index (χ3v) is 5.06. The highest BCUT2D eigenvalue weighted by Crippen LogP contribution is 2.45. The predicted octanol–water partition coefficient (Wildman–Crippen LogP) is 1.86. The normalized spacial score (nSPS) is 17.8. The zero-order valence-electron chi connectivity index (χ0n) is 15.0. The summed E-state index contributed by atoms with van der Waals surface area (Å²) in [5, 5.41) is 2.75. The Labute approximate surface area is 148 Å². The quantitative estimate of drug-likeness (QED) is 0.884. The molecule has 1 N–H and O–H groups in total. The molecular formula is C19H26N2O4. The Bertz CT molecular complexity index is 653. The van der Waals surface area contributed by atoms with Gasteiger partial charge in [-0.15, -0.1) is 0 Å². The Hall–Kier alpha value is -2.24. The van der Waals surface area contributed by atoms with Crippen LogP contribution in [0.4, 0.5) is 0 Å². The van der Waals surface area contributed by atoms with E-state index in [1.165, 1.54) is 0 Å². The monoisotopic (exact) mass is 346 g/mol. The minimum atomic E-state index is -0.572. The number of carbonyl (C=O) groups excluding carboxylic acids is 2. The molecule has 2 amide bonds. The summed E-state index contributed by atoms with van der Waals surface area (Å²) in [5.74, 6) is 1.31. The van der Waals surface area contributed by atoms with Gasteiger partial charge in [-0.25, -0.2) is 0 Å². The number of nitrogens with zero attached hydrogens (tertiary/aromatic N) is 1. The maximum atomic E-state index is 13.2. The maximum Gasteiger partial charge on any atom is 0.239 e. The van der Waals surface area contributed by atoms with Crippen LogP contribution in [-0.2, 0) is 15.0 Å². The largest absolute Gasteiger partial charge is 0.486 e. The molecule has 0 saturated heterocycles. The molecule has 0 unspecified atom stereocenters. The van der Waals surface area contributed by atoms with Crippen LogP contribution in [0.3, 0.4) is 0 Å². The number of nitrogens with one attached hydrogen (secondary N) is 1. The summed E-state index contributed by atoms with van der Waals surface area (Å²) < 4.78 is 11.3. The van der Waals surface area contributed by atoms with Crippen LogP contribution in [0.1, 0.15) is 38.2 Å². The highest BCUT2D eigenvalue weighted by molar-refractivity contribution is 5.92. The summed E-state index contributed by atoms with van der Waals surface area (Å²) in [6.45, 7) is 3.58. The molecule has 1 saturated carbocycles. The lowest BCUT2D eigenvalue weighted by molar-refractivity contribution is -0.139. The molecule has 3 rings (SSSR count). The van der Waals surface area contributed by atoms with E-state index in [2.05, 4.69) is 5.32 Å². The molecule has 1 aromatic rings. The first-order chi connectivity index (χ1) is 12.1. The Morgan fingerprint density at radius 2 is 1.84 bits per heavy atom. The number of carbonyl (C=O) groups is 2. The average molecular weight is 346 g/mol. The molecule has 1 fully saturated rings. The molecule has 136 valence electrons. The first-order valence-corrected chi connectivity index (χ1v) is 8.99. The van der Waals surface area contributed by atoms with E-state index in [0.29, 0.717) is 25.5 Å². The molecule has 1 aromatic carbocycles. The van der Waals surface area contributed by atoms with E-state index < -0.39 is 5.41 Å². The fourth-order valence-corrected chi connectivity index (χ4v) is 3.85. The van der Waals surface area contributed by atoms with Gasteiger partial charge in [-0.2, -0.15) is 0 Å². The van der Waals surface area contributed by atoms with Crippen LogP contribution in [0.5, 0.6) is 11.5 Å². The van der Waals surface area contributed by atoms with Gasteiger partial charge in [0.25, 0.3) is 0 Å². The molecule has 0 atom stereocenters. The Morgan fingerprint density at radius 1 is 1.16 bits per heavy atom. The first-order valence-electron chi connectivity index (χ1n) is 8.99. The van der Waals surface area contributed by atoms with Crippen molar-refractivity contribution in [3.05, 3.63) is 23.8 Å². The summed E-state index contributed by atoms with van der Waals surface area (Å²) in [4.78, 5) is 26.7. The van der Waals surface area contributed by atoms with Crippen molar-refractivity contribution in [2.75, 3.05) is 33.4 Å². The number of benzene rings is 1. The van der Waals surface area contributed by atoms with Crippen molar-refractivity contribution in [3.8, 4) is 11.5 Å². The molecule has 6 nitrogen and oxygen atoms in total. The van der Waals surface area contributed by atoms with E-state index in [9.17, 15) is 9.59 Å². The minimum absolute atomic E-state index is 0.00734. The van der Waals surface area contributed by atoms with Gasteiger partial charge in [-0.05, 0) is 37.5 Å². The number of hydrogen-bond acceptors (Lipinski definition) is 4. The van der Waals surface area contributed by atoms with Crippen molar-refractivity contribution < 1.29 is 19.1 Å². The molecule has 1 aliphatic carbocycles. The minimum Gasteiger partial charge on any atom is -0.486 e. The number of likely N-dealkylation sites (N-methyl/N-ethyl adjacent to an activating group) is 2. The molecular weight excluding hydrogens is 320 g/mol. The van der Waals surface area contributed by atoms with Gasteiger partial charge in [0.2, 0.25) is 11.8 Å². The zero-order valence-corrected chi connectivity index (χ0v) is 15.0. The average Bonchev–Trinajstić information content (AvgIpc) is 3.11.